The Balaban J connectivity index is 2.36. The van der Waals surface area contributed by atoms with Crippen molar-refractivity contribution in [2.24, 2.45) is 0 Å². The number of ether oxygens (including phenoxy) is 1. The molecule has 0 spiro atoms. The fraction of sp³-hybridized carbons (Fsp3) is 0.0714. The summed E-state index contributed by atoms with van der Waals surface area (Å²) >= 11 is 5.76. The Kier molecular flexibility index (Phi) is 4.09. The summed E-state index contributed by atoms with van der Waals surface area (Å²) in [6.45, 7) is 1.70. The molecule has 0 fully saturated rings. The van der Waals surface area contributed by atoms with E-state index in [1.54, 1.807) is 13.0 Å². The smallest absolute Gasteiger partial charge is 0.337 e. The van der Waals surface area contributed by atoms with E-state index in [4.69, 9.17) is 21.4 Å². The minimum absolute atomic E-state index is 0.0880. The first-order chi connectivity index (χ1) is 9.86. The molecule has 0 heterocycles. The zero-order chi connectivity index (χ0) is 15.6. The van der Waals surface area contributed by atoms with Gasteiger partial charge in [-0.15, -0.1) is 0 Å². The number of non-ortho nitro benzene ring substituents is 1. The number of nitrogens with zero attached hydrogens (tertiary/aromatic N) is 1. The number of hydrogen-bond acceptors (Lipinski definition) is 4. The van der Waals surface area contributed by atoms with Crippen LogP contribution in [0.4, 0.5) is 5.69 Å². The van der Waals surface area contributed by atoms with Crippen molar-refractivity contribution >= 4 is 23.3 Å². The number of aromatic carboxylic acids is 1. The van der Waals surface area contributed by atoms with Crippen LogP contribution in [0.25, 0.3) is 0 Å². The van der Waals surface area contributed by atoms with Crippen molar-refractivity contribution in [2.45, 2.75) is 6.92 Å². The highest BCUT2D eigenvalue weighted by molar-refractivity contribution is 6.33. The van der Waals surface area contributed by atoms with Gasteiger partial charge in [-0.2, -0.15) is 0 Å². The Morgan fingerprint density at radius 1 is 1.24 bits per heavy atom. The number of carbonyl (C=O) groups is 1. The molecule has 0 atom stereocenters. The largest absolute Gasteiger partial charge is 0.478 e. The molecule has 0 saturated heterocycles. The molecule has 0 amide bonds. The number of hydrogen-bond donors (Lipinski definition) is 1. The molecule has 0 aliphatic heterocycles. The number of benzene rings is 2. The molecule has 0 aliphatic rings. The fourth-order valence-electron chi connectivity index (χ4n) is 1.76. The zero-order valence-corrected chi connectivity index (χ0v) is 11.6. The van der Waals surface area contributed by atoms with Crippen LogP contribution in [0.15, 0.2) is 36.4 Å². The van der Waals surface area contributed by atoms with Gasteiger partial charge < -0.3 is 9.84 Å². The number of aryl methyl sites for hydroxylation is 1. The van der Waals surface area contributed by atoms with Gasteiger partial charge in [-0.3, -0.25) is 10.1 Å². The van der Waals surface area contributed by atoms with Crippen LogP contribution in [0.3, 0.4) is 0 Å². The van der Waals surface area contributed by atoms with E-state index in [1.807, 2.05) is 0 Å². The highest BCUT2D eigenvalue weighted by atomic mass is 35.5. The Hall–Kier alpha value is -2.60. The Labute approximate surface area is 124 Å². The summed E-state index contributed by atoms with van der Waals surface area (Å²) in [6.07, 6.45) is 0. The van der Waals surface area contributed by atoms with Gasteiger partial charge >= 0.3 is 5.97 Å². The number of carboxylic acid groups (broad SMARTS) is 1. The number of halogens is 1. The van der Waals surface area contributed by atoms with E-state index >= 15 is 0 Å². The SMILES string of the molecule is Cc1cc(Oc2ccc(Cl)c(C(=O)O)c2)cc([N+](=O)[O-])c1. The van der Waals surface area contributed by atoms with Crippen molar-refractivity contribution in [2.75, 3.05) is 0 Å². The maximum atomic E-state index is 11.0. The van der Waals surface area contributed by atoms with E-state index in [0.29, 0.717) is 5.56 Å². The third-order valence-corrected chi connectivity index (χ3v) is 2.98. The summed E-state index contributed by atoms with van der Waals surface area (Å²) in [4.78, 5) is 21.3. The Morgan fingerprint density at radius 3 is 2.57 bits per heavy atom. The molecule has 0 radical (unpaired) electrons. The molecule has 1 N–H and O–H groups in total. The fourth-order valence-corrected chi connectivity index (χ4v) is 1.96. The Bertz CT molecular complexity index is 729. The zero-order valence-electron chi connectivity index (χ0n) is 10.9. The van der Waals surface area contributed by atoms with Gasteiger partial charge in [0.1, 0.15) is 11.5 Å². The van der Waals surface area contributed by atoms with E-state index in [9.17, 15) is 14.9 Å². The van der Waals surface area contributed by atoms with Crippen molar-refractivity contribution in [1.82, 2.24) is 0 Å². The average molecular weight is 308 g/mol. The van der Waals surface area contributed by atoms with E-state index in [1.165, 1.54) is 30.3 Å². The Morgan fingerprint density at radius 2 is 1.95 bits per heavy atom. The molecule has 2 aromatic carbocycles. The van der Waals surface area contributed by atoms with Crippen LogP contribution in [0, 0.1) is 17.0 Å². The molecule has 0 unspecified atom stereocenters. The van der Waals surface area contributed by atoms with Gasteiger partial charge in [0.15, 0.2) is 0 Å². The summed E-state index contributed by atoms with van der Waals surface area (Å²) in [5.74, 6) is -0.697. The molecular formula is C14H10ClNO5. The van der Waals surface area contributed by atoms with Gasteiger partial charge in [0.05, 0.1) is 21.6 Å². The van der Waals surface area contributed by atoms with Gasteiger partial charge in [-0.25, -0.2) is 4.79 Å². The predicted octanol–water partition coefficient (Wildman–Crippen LogP) is 4.05. The lowest BCUT2D eigenvalue weighted by Gasteiger charge is -2.08. The van der Waals surface area contributed by atoms with Crippen molar-refractivity contribution in [3.63, 3.8) is 0 Å². The summed E-state index contributed by atoms with van der Waals surface area (Å²) in [5.41, 5.74) is 0.459. The molecule has 6 nitrogen and oxygen atoms in total. The second kappa shape index (κ2) is 5.80. The molecule has 0 saturated carbocycles. The standard InChI is InChI=1S/C14H10ClNO5/c1-8-4-9(16(19)20)6-11(5-8)21-10-2-3-13(15)12(7-10)14(17)18/h2-7H,1H3,(H,17,18). The minimum Gasteiger partial charge on any atom is -0.478 e. The number of carboxylic acids is 1. The second-order valence-electron chi connectivity index (χ2n) is 4.31. The molecule has 0 bridgehead atoms. The van der Waals surface area contributed by atoms with E-state index in [2.05, 4.69) is 0 Å². The van der Waals surface area contributed by atoms with Crippen LogP contribution in [0.1, 0.15) is 15.9 Å². The molecule has 0 aliphatic carbocycles. The van der Waals surface area contributed by atoms with E-state index in [-0.39, 0.29) is 27.8 Å². The summed E-state index contributed by atoms with van der Waals surface area (Å²) < 4.78 is 5.47. The van der Waals surface area contributed by atoms with Crippen LogP contribution in [0.2, 0.25) is 5.02 Å². The maximum Gasteiger partial charge on any atom is 0.337 e. The van der Waals surface area contributed by atoms with Crippen LogP contribution >= 0.6 is 11.6 Å². The van der Waals surface area contributed by atoms with Crippen LogP contribution < -0.4 is 4.74 Å². The first kappa shape index (κ1) is 14.8. The van der Waals surface area contributed by atoms with Crippen LogP contribution in [-0.2, 0) is 0 Å². The van der Waals surface area contributed by atoms with E-state index < -0.39 is 10.9 Å². The van der Waals surface area contributed by atoms with Crippen molar-refractivity contribution in [1.29, 1.82) is 0 Å². The van der Waals surface area contributed by atoms with Gasteiger partial charge in [0.25, 0.3) is 5.69 Å². The molecule has 2 aromatic rings. The highest BCUT2D eigenvalue weighted by Gasteiger charge is 2.12. The second-order valence-corrected chi connectivity index (χ2v) is 4.72. The summed E-state index contributed by atoms with van der Waals surface area (Å²) in [5, 5.41) is 19.9. The molecular weight excluding hydrogens is 298 g/mol. The van der Waals surface area contributed by atoms with Crippen LogP contribution in [0.5, 0.6) is 11.5 Å². The van der Waals surface area contributed by atoms with Crippen molar-refractivity contribution in [3.8, 4) is 11.5 Å². The van der Waals surface area contributed by atoms with E-state index in [0.717, 1.165) is 0 Å². The topological polar surface area (TPSA) is 89.7 Å². The monoisotopic (exact) mass is 307 g/mol. The molecule has 7 heteroatoms. The predicted molar refractivity (Wildman–Crippen MR) is 76.3 cm³/mol. The first-order valence-electron chi connectivity index (χ1n) is 5.83. The normalized spacial score (nSPS) is 10.2. The van der Waals surface area contributed by atoms with Crippen molar-refractivity contribution < 1.29 is 19.6 Å². The quantitative estimate of drug-likeness (QED) is 0.680. The molecule has 0 aromatic heterocycles. The summed E-state index contributed by atoms with van der Waals surface area (Å²) in [6, 6.07) is 8.44. The number of nitro benzene ring substituents is 1. The van der Waals surface area contributed by atoms with Gasteiger partial charge in [-0.1, -0.05) is 11.6 Å². The lowest BCUT2D eigenvalue weighted by molar-refractivity contribution is -0.385. The van der Waals surface area contributed by atoms with Gasteiger partial charge in [-0.05, 0) is 36.8 Å². The van der Waals surface area contributed by atoms with Gasteiger partial charge in [0.2, 0.25) is 0 Å². The third kappa shape index (κ3) is 3.49. The number of nitro groups is 1. The molecule has 2 rings (SSSR count). The lowest BCUT2D eigenvalue weighted by atomic mass is 10.2. The lowest BCUT2D eigenvalue weighted by Crippen LogP contribution is -1.98. The van der Waals surface area contributed by atoms with Crippen molar-refractivity contribution in [3.05, 3.63) is 62.7 Å². The average Bonchev–Trinajstić information content (AvgIpc) is 2.40. The third-order valence-electron chi connectivity index (χ3n) is 2.65. The summed E-state index contributed by atoms with van der Waals surface area (Å²) in [7, 11) is 0. The molecule has 108 valence electrons. The van der Waals surface area contributed by atoms with Crippen LogP contribution in [-0.4, -0.2) is 16.0 Å². The highest BCUT2D eigenvalue weighted by Crippen LogP contribution is 2.29. The van der Waals surface area contributed by atoms with Gasteiger partial charge in [0, 0.05) is 6.07 Å². The first-order valence-corrected chi connectivity index (χ1v) is 6.21. The maximum absolute atomic E-state index is 11.0. The molecule has 21 heavy (non-hydrogen) atoms. The number of rotatable bonds is 4. The minimum atomic E-state index is -1.18.